The smallest absolute Gasteiger partial charge is 0.335 e. The molecule has 2 bridgehead atoms. The molecule has 4 aliphatic rings. The number of imide groups is 1. The number of aromatic nitrogens is 1. The summed E-state index contributed by atoms with van der Waals surface area (Å²) < 4.78 is 12.7. The molecule has 3 aromatic carbocycles. The molecule has 2 N–H and O–H groups in total. The Labute approximate surface area is 299 Å². The highest BCUT2D eigenvalue weighted by Crippen LogP contribution is 2.69. The van der Waals surface area contributed by atoms with Gasteiger partial charge in [-0.05, 0) is 90.4 Å². The molecule has 14 heteroatoms. The average Bonchev–Trinajstić information content (AvgIpc) is 3.83. The number of carbonyl (C=O) groups excluding carboxylic acids is 3. The number of methoxy groups -OCH3 is 2. The zero-order chi connectivity index (χ0) is 35.0. The number of hydrogen-bond acceptors (Lipinski definition) is 9. The van der Waals surface area contributed by atoms with Gasteiger partial charge < -0.3 is 19.9 Å². The van der Waals surface area contributed by atoms with Crippen LogP contribution < -0.4 is 24.6 Å². The molecular weight excluding hydrogens is 702 g/mol. The van der Waals surface area contributed by atoms with Gasteiger partial charge in [-0.2, -0.15) is 0 Å². The molecule has 2 saturated carbocycles. The van der Waals surface area contributed by atoms with E-state index in [2.05, 4.69) is 5.32 Å². The lowest BCUT2D eigenvalue weighted by atomic mass is 9.68. The number of carbonyl (C=O) groups is 4. The van der Waals surface area contributed by atoms with E-state index in [9.17, 15) is 29.1 Å². The van der Waals surface area contributed by atoms with Crippen molar-refractivity contribution in [2.75, 3.05) is 24.4 Å². The number of thiazole rings is 1. The van der Waals surface area contributed by atoms with E-state index in [1.165, 1.54) is 45.5 Å². The lowest BCUT2D eigenvalue weighted by molar-refractivity contribution is -0.123. The van der Waals surface area contributed by atoms with Crippen molar-refractivity contribution in [3.63, 3.8) is 0 Å². The van der Waals surface area contributed by atoms with Crippen LogP contribution in [-0.2, 0) is 20.9 Å². The second-order valence-electron chi connectivity index (χ2n) is 12.9. The summed E-state index contributed by atoms with van der Waals surface area (Å²) in [6.45, 7) is -0.254. The van der Waals surface area contributed by atoms with Crippen LogP contribution in [0.5, 0.6) is 11.5 Å². The molecule has 2 aliphatic carbocycles. The van der Waals surface area contributed by atoms with Crippen LogP contribution in [0.3, 0.4) is 0 Å². The van der Waals surface area contributed by atoms with E-state index >= 15 is 0 Å². The number of anilines is 2. The highest BCUT2D eigenvalue weighted by Gasteiger charge is 2.70. The lowest BCUT2D eigenvalue weighted by Crippen LogP contribution is -2.43. The summed E-state index contributed by atoms with van der Waals surface area (Å²) in [4.78, 5) is 68.2. The first-order chi connectivity index (χ1) is 24.1. The third-order valence-corrected chi connectivity index (χ3v) is 13.6. The molecule has 0 spiro atoms. The topological polar surface area (TPSA) is 144 Å². The second-order valence-corrected chi connectivity index (χ2v) is 15.5. The molecule has 50 heavy (non-hydrogen) atoms. The van der Waals surface area contributed by atoms with Gasteiger partial charge in [0.1, 0.15) is 6.54 Å². The summed E-state index contributed by atoms with van der Waals surface area (Å²) in [5.74, 6) is -2.39. The molecule has 1 saturated heterocycles. The Bertz CT molecular complexity index is 2130. The molecule has 7 atom stereocenters. The van der Waals surface area contributed by atoms with Crippen LogP contribution in [-0.4, -0.2) is 52.8 Å². The minimum atomic E-state index is -1.08. The molecule has 0 radical (unpaired) electrons. The van der Waals surface area contributed by atoms with Gasteiger partial charge in [-0.25, -0.2) is 4.79 Å². The van der Waals surface area contributed by atoms with E-state index in [1.54, 1.807) is 38.5 Å². The first kappa shape index (κ1) is 32.6. The number of benzene rings is 3. The number of rotatable bonds is 8. The number of hydrogen-bond donors (Lipinski definition) is 2. The predicted molar refractivity (Wildman–Crippen MR) is 188 cm³/mol. The van der Waals surface area contributed by atoms with Crippen LogP contribution in [0.2, 0.25) is 5.02 Å². The normalized spacial score (nSPS) is 26.0. The molecule has 4 aromatic rings. The molecule has 11 nitrogen and oxygen atoms in total. The Balaban J connectivity index is 1.18. The van der Waals surface area contributed by atoms with E-state index in [4.69, 9.17) is 21.1 Å². The molecular formula is C36H30ClN3O8S2. The number of ether oxygens (including phenoxy) is 2. The standard InChI is InChI=1S/C36H30ClN3O8S2/c1-47-23-12-5-17(13-24(23)48-2)26-27-21-14-22(29-28(21)32(42)40(33(29)43)20-10-6-18(37)7-11-20)30(27)49-34-31(26)50-36(46)39(34)15-25(41)38-19-8-3-16(4-9-19)35(44)45/h3-13,21-22,26-30H,14-15H2,1-2H3,(H,38,41)(H,44,45). The Morgan fingerprint density at radius 3 is 2.26 bits per heavy atom. The average molecular weight is 732 g/mol. The van der Waals surface area contributed by atoms with Gasteiger partial charge in [0.25, 0.3) is 0 Å². The molecule has 256 valence electrons. The van der Waals surface area contributed by atoms with Gasteiger partial charge in [-0.3, -0.25) is 28.6 Å². The highest BCUT2D eigenvalue weighted by molar-refractivity contribution is 8.00. The van der Waals surface area contributed by atoms with Crippen LogP contribution in [0.4, 0.5) is 11.4 Å². The summed E-state index contributed by atoms with van der Waals surface area (Å²) in [5.41, 5.74) is 1.89. The summed E-state index contributed by atoms with van der Waals surface area (Å²) >= 11 is 8.73. The number of carboxylic acids is 1. The van der Waals surface area contributed by atoms with Gasteiger partial charge in [-0.1, -0.05) is 29.0 Å². The number of aromatic carboxylic acids is 1. The number of thioether (sulfide) groups is 1. The molecule has 1 aromatic heterocycles. The SMILES string of the molecule is COc1ccc(C2c3sc(=O)n(CC(=O)Nc4ccc(C(=O)O)cc4)c3SC3C4CC(C5C(=O)N(c6ccc(Cl)cc6)C(=O)C45)C23)cc1OC. The van der Waals surface area contributed by atoms with E-state index in [0.717, 1.165) is 21.8 Å². The van der Waals surface area contributed by atoms with Gasteiger partial charge in [-0.15, -0.1) is 11.8 Å². The fraction of sp³-hybridized carbons (Fsp3) is 0.306. The van der Waals surface area contributed by atoms with Crippen LogP contribution in [0.15, 0.2) is 76.6 Å². The van der Waals surface area contributed by atoms with Crippen LogP contribution in [0, 0.1) is 29.6 Å². The van der Waals surface area contributed by atoms with Gasteiger partial charge in [0.2, 0.25) is 17.7 Å². The van der Waals surface area contributed by atoms with Crippen LogP contribution >= 0.6 is 34.7 Å². The first-order valence-corrected chi connectivity index (χ1v) is 18.1. The number of fused-ring (bicyclic) bond motifs is 9. The maximum atomic E-state index is 14.1. The first-order valence-electron chi connectivity index (χ1n) is 16.0. The van der Waals surface area contributed by atoms with E-state index < -0.39 is 23.7 Å². The summed E-state index contributed by atoms with van der Waals surface area (Å²) in [6.07, 6.45) is 0.708. The fourth-order valence-corrected chi connectivity index (χ4v) is 11.8. The molecule has 3 amide bonds. The maximum Gasteiger partial charge on any atom is 0.335 e. The highest BCUT2D eigenvalue weighted by atomic mass is 35.5. The van der Waals surface area contributed by atoms with Crippen molar-refractivity contribution < 1.29 is 33.8 Å². The minimum absolute atomic E-state index is 0.0631. The van der Waals surface area contributed by atoms with E-state index in [-0.39, 0.29) is 57.7 Å². The lowest BCUT2D eigenvalue weighted by Gasteiger charge is -2.43. The van der Waals surface area contributed by atoms with Crippen molar-refractivity contribution in [3.05, 3.63) is 97.4 Å². The van der Waals surface area contributed by atoms with Gasteiger partial charge in [0, 0.05) is 26.8 Å². The molecule has 8 rings (SSSR count). The Morgan fingerprint density at radius 2 is 1.60 bits per heavy atom. The third kappa shape index (κ3) is 5.04. The van der Waals surface area contributed by atoms with Crippen LogP contribution in [0.25, 0.3) is 0 Å². The third-order valence-electron chi connectivity index (χ3n) is 10.5. The predicted octanol–water partition coefficient (Wildman–Crippen LogP) is 5.60. The molecule has 3 heterocycles. The minimum Gasteiger partial charge on any atom is -0.493 e. The van der Waals surface area contributed by atoms with Gasteiger partial charge in [0.15, 0.2) is 11.5 Å². The Kier molecular flexibility index (Phi) is 8.04. The van der Waals surface area contributed by atoms with Gasteiger partial charge >= 0.3 is 10.8 Å². The largest absolute Gasteiger partial charge is 0.493 e. The summed E-state index contributed by atoms with van der Waals surface area (Å²) in [6, 6.07) is 18.2. The number of nitrogens with one attached hydrogen (secondary N) is 1. The van der Waals surface area contributed by atoms with Crippen molar-refractivity contribution in [1.29, 1.82) is 0 Å². The Hall–Kier alpha value is -4.59. The van der Waals surface area contributed by atoms with Gasteiger partial charge in [0.05, 0.1) is 42.3 Å². The number of halogens is 1. The summed E-state index contributed by atoms with van der Waals surface area (Å²) in [5, 5.41) is 13.1. The zero-order valence-corrected chi connectivity index (χ0v) is 29.1. The molecule has 7 unspecified atom stereocenters. The number of amides is 3. The van der Waals surface area contributed by atoms with Crippen LogP contribution in [0.1, 0.15) is 33.1 Å². The van der Waals surface area contributed by atoms with E-state index in [1.807, 2.05) is 18.2 Å². The monoisotopic (exact) mass is 731 g/mol. The van der Waals surface area contributed by atoms with Crippen molar-refractivity contribution in [2.24, 2.45) is 29.6 Å². The maximum absolute atomic E-state index is 14.1. The molecule has 3 fully saturated rings. The van der Waals surface area contributed by atoms with Crippen molar-refractivity contribution in [2.45, 2.75) is 29.2 Å². The second kappa shape index (κ2) is 12.3. The quantitative estimate of drug-likeness (QED) is 0.222. The van der Waals surface area contributed by atoms with Crippen molar-refractivity contribution in [3.8, 4) is 11.5 Å². The number of nitrogens with zero attached hydrogens (tertiary/aromatic N) is 2. The molecule has 2 aliphatic heterocycles. The summed E-state index contributed by atoms with van der Waals surface area (Å²) in [7, 11) is 3.12. The zero-order valence-electron chi connectivity index (χ0n) is 26.7. The van der Waals surface area contributed by atoms with Crippen molar-refractivity contribution in [1.82, 2.24) is 4.57 Å². The van der Waals surface area contributed by atoms with E-state index in [0.29, 0.717) is 39.3 Å². The Morgan fingerprint density at radius 1 is 0.920 bits per heavy atom. The van der Waals surface area contributed by atoms with Crippen molar-refractivity contribution >= 4 is 69.8 Å². The fourth-order valence-electron chi connectivity index (χ4n) is 8.56. The number of carboxylic acid groups (broad SMARTS) is 1.